The van der Waals surface area contributed by atoms with E-state index in [2.05, 4.69) is 15.0 Å². The predicted octanol–water partition coefficient (Wildman–Crippen LogP) is 3.23. The molecule has 0 aliphatic rings. The van der Waals surface area contributed by atoms with Crippen LogP contribution >= 0.6 is 0 Å². The lowest BCUT2D eigenvalue weighted by molar-refractivity contribution is 0.0528. The number of ether oxygens (including phenoxy) is 2. The van der Waals surface area contributed by atoms with Crippen LogP contribution in [0.3, 0.4) is 0 Å². The number of H-pyrrole nitrogens is 2. The van der Waals surface area contributed by atoms with Crippen LogP contribution in [0.1, 0.15) is 48.1 Å². The molecule has 0 aliphatic carbocycles. The standard InChI is InChI=1S/C21H25N3O4/c1-5-28-21(26)14-7-6-8-15-18(14)13(11-22-15)10-17-20(27-4)24-16(9-12(2)3)19(25)23-17/h6-8,11-12,22H,5,9-10H2,1-4H3,(H,23,25). The van der Waals surface area contributed by atoms with Gasteiger partial charge < -0.3 is 19.4 Å². The Balaban J connectivity index is 2.05. The zero-order valence-electron chi connectivity index (χ0n) is 16.6. The molecular weight excluding hydrogens is 358 g/mol. The lowest BCUT2D eigenvalue weighted by Crippen LogP contribution is -2.20. The van der Waals surface area contributed by atoms with Crippen molar-refractivity contribution in [2.45, 2.75) is 33.6 Å². The summed E-state index contributed by atoms with van der Waals surface area (Å²) in [6.45, 7) is 6.14. The van der Waals surface area contributed by atoms with Gasteiger partial charge in [0.05, 0.1) is 25.0 Å². The van der Waals surface area contributed by atoms with Gasteiger partial charge in [-0.3, -0.25) is 4.79 Å². The molecule has 1 aromatic carbocycles. The van der Waals surface area contributed by atoms with Gasteiger partial charge in [-0.05, 0) is 37.0 Å². The zero-order valence-corrected chi connectivity index (χ0v) is 16.6. The van der Waals surface area contributed by atoms with Crippen LogP contribution < -0.4 is 10.3 Å². The van der Waals surface area contributed by atoms with E-state index in [4.69, 9.17) is 9.47 Å². The van der Waals surface area contributed by atoms with Crippen molar-refractivity contribution < 1.29 is 14.3 Å². The fourth-order valence-corrected chi connectivity index (χ4v) is 3.28. The molecule has 0 bridgehead atoms. The minimum atomic E-state index is -0.375. The number of nitrogens with zero attached hydrogens (tertiary/aromatic N) is 1. The van der Waals surface area contributed by atoms with Crippen molar-refractivity contribution in [2.75, 3.05) is 13.7 Å². The molecule has 0 unspecified atom stereocenters. The lowest BCUT2D eigenvalue weighted by Gasteiger charge is -2.11. The average Bonchev–Trinajstić information content (AvgIpc) is 3.06. The molecule has 0 fully saturated rings. The molecule has 3 rings (SSSR count). The molecule has 0 atom stereocenters. The molecule has 2 N–H and O–H groups in total. The van der Waals surface area contributed by atoms with Gasteiger partial charge in [-0.1, -0.05) is 19.9 Å². The van der Waals surface area contributed by atoms with E-state index in [0.717, 1.165) is 16.5 Å². The van der Waals surface area contributed by atoms with Crippen molar-refractivity contribution in [3.05, 3.63) is 57.3 Å². The first-order chi connectivity index (χ1) is 13.4. The lowest BCUT2D eigenvalue weighted by atomic mass is 10.0. The summed E-state index contributed by atoms with van der Waals surface area (Å²) in [5.41, 5.74) is 2.98. The number of carbonyl (C=O) groups excluding carboxylic acids is 1. The number of esters is 1. The predicted molar refractivity (Wildman–Crippen MR) is 107 cm³/mol. The maximum absolute atomic E-state index is 12.4. The summed E-state index contributed by atoms with van der Waals surface area (Å²) < 4.78 is 10.6. The van der Waals surface area contributed by atoms with Crippen LogP contribution in [0.15, 0.2) is 29.2 Å². The summed E-state index contributed by atoms with van der Waals surface area (Å²) in [5.74, 6) is 0.322. The number of nitrogens with one attached hydrogen (secondary N) is 2. The van der Waals surface area contributed by atoms with Gasteiger partial charge in [0.2, 0.25) is 5.88 Å². The maximum atomic E-state index is 12.4. The number of aromatic nitrogens is 3. The van der Waals surface area contributed by atoms with Gasteiger partial charge in [0.25, 0.3) is 5.56 Å². The quantitative estimate of drug-likeness (QED) is 0.611. The number of hydrogen-bond acceptors (Lipinski definition) is 5. The Bertz CT molecular complexity index is 1050. The Morgan fingerprint density at radius 3 is 2.75 bits per heavy atom. The number of methoxy groups -OCH3 is 1. The van der Waals surface area contributed by atoms with Crippen molar-refractivity contribution in [3.63, 3.8) is 0 Å². The molecule has 0 radical (unpaired) electrons. The summed E-state index contributed by atoms with van der Waals surface area (Å²) >= 11 is 0. The van der Waals surface area contributed by atoms with Crippen LogP contribution in [0.2, 0.25) is 0 Å². The summed E-state index contributed by atoms with van der Waals surface area (Å²) in [7, 11) is 1.53. The van der Waals surface area contributed by atoms with Crippen molar-refractivity contribution >= 4 is 16.9 Å². The molecule has 2 aromatic heterocycles. The van der Waals surface area contributed by atoms with Gasteiger partial charge in [-0.25, -0.2) is 9.78 Å². The molecule has 3 aromatic rings. The molecule has 0 amide bonds. The summed E-state index contributed by atoms with van der Waals surface area (Å²) in [6, 6.07) is 5.44. The van der Waals surface area contributed by atoms with Gasteiger partial charge in [-0.2, -0.15) is 0 Å². The second-order valence-corrected chi connectivity index (χ2v) is 7.04. The van der Waals surface area contributed by atoms with E-state index in [1.165, 1.54) is 7.11 Å². The molecule has 0 saturated carbocycles. The van der Waals surface area contributed by atoms with E-state index in [0.29, 0.717) is 48.2 Å². The van der Waals surface area contributed by atoms with Gasteiger partial charge in [-0.15, -0.1) is 0 Å². The Labute approximate surface area is 163 Å². The minimum Gasteiger partial charge on any atom is -0.480 e. The molecule has 0 aliphatic heterocycles. The van der Waals surface area contributed by atoms with Gasteiger partial charge >= 0.3 is 5.97 Å². The second kappa shape index (κ2) is 8.29. The first-order valence-corrected chi connectivity index (χ1v) is 9.36. The first-order valence-electron chi connectivity index (χ1n) is 9.36. The first kappa shape index (κ1) is 19.7. The van der Waals surface area contributed by atoms with Gasteiger partial charge in [0, 0.05) is 23.5 Å². The molecule has 0 saturated heterocycles. The van der Waals surface area contributed by atoms with E-state index in [-0.39, 0.29) is 11.5 Å². The summed E-state index contributed by atoms with van der Waals surface area (Å²) in [5, 5.41) is 0.773. The monoisotopic (exact) mass is 383 g/mol. The van der Waals surface area contributed by atoms with E-state index in [9.17, 15) is 9.59 Å². The third-order valence-corrected chi connectivity index (χ3v) is 4.47. The van der Waals surface area contributed by atoms with Crippen LogP contribution in [0.5, 0.6) is 5.88 Å². The molecular formula is C21H25N3O4. The van der Waals surface area contributed by atoms with Crippen molar-refractivity contribution in [3.8, 4) is 5.88 Å². The smallest absolute Gasteiger partial charge is 0.338 e. The normalized spacial score (nSPS) is 11.2. The van der Waals surface area contributed by atoms with E-state index >= 15 is 0 Å². The van der Waals surface area contributed by atoms with Crippen LogP contribution in [-0.4, -0.2) is 34.6 Å². The van der Waals surface area contributed by atoms with Crippen LogP contribution in [-0.2, 0) is 17.6 Å². The Kier molecular flexibility index (Phi) is 5.82. The van der Waals surface area contributed by atoms with Gasteiger partial charge in [0.15, 0.2) is 0 Å². The topological polar surface area (TPSA) is 97.1 Å². The highest BCUT2D eigenvalue weighted by atomic mass is 16.5. The number of carbonyl (C=O) groups is 1. The van der Waals surface area contributed by atoms with Crippen molar-refractivity contribution in [2.24, 2.45) is 5.92 Å². The maximum Gasteiger partial charge on any atom is 0.338 e. The highest BCUT2D eigenvalue weighted by Gasteiger charge is 2.18. The Morgan fingerprint density at radius 2 is 2.07 bits per heavy atom. The molecule has 7 heteroatoms. The minimum absolute atomic E-state index is 0.213. The number of fused-ring (bicyclic) bond motifs is 1. The highest BCUT2D eigenvalue weighted by Crippen LogP contribution is 2.27. The number of benzene rings is 1. The molecule has 28 heavy (non-hydrogen) atoms. The van der Waals surface area contributed by atoms with Crippen molar-refractivity contribution in [1.29, 1.82) is 0 Å². The third-order valence-electron chi connectivity index (χ3n) is 4.47. The van der Waals surface area contributed by atoms with Gasteiger partial charge in [0.1, 0.15) is 5.69 Å². The van der Waals surface area contributed by atoms with E-state index < -0.39 is 0 Å². The summed E-state index contributed by atoms with van der Waals surface area (Å²) in [6.07, 6.45) is 2.77. The fourth-order valence-electron chi connectivity index (χ4n) is 3.28. The van der Waals surface area contributed by atoms with Crippen molar-refractivity contribution in [1.82, 2.24) is 15.0 Å². The largest absolute Gasteiger partial charge is 0.480 e. The third kappa shape index (κ3) is 3.93. The highest BCUT2D eigenvalue weighted by molar-refractivity contribution is 6.05. The molecule has 7 nitrogen and oxygen atoms in total. The van der Waals surface area contributed by atoms with E-state index in [1.807, 2.05) is 26.1 Å². The SMILES string of the molecule is CCOC(=O)c1cccc2[nH]cc(Cc3[nH]c(=O)c(CC(C)C)nc3OC)c12. The van der Waals surface area contributed by atoms with Crippen LogP contribution in [0, 0.1) is 5.92 Å². The number of hydrogen-bond donors (Lipinski definition) is 2. The van der Waals surface area contributed by atoms with E-state index in [1.54, 1.807) is 19.1 Å². The molecule has 2 heterocycles. The fraction of sp³-hybridized carbons (Fsp3) is 0.381. The zero-order chi connectivity index (χ0) is 20.3. The van der Waals surface area contributed by atoms with Crippen LogP contribution in [0.25, 0.3) is 10.9 Å². The molecule has 148 valence electrons. The average molecular weight is 383 g/mol. The Morgan fingerprint density at radius 1 is 1.29 bits per heavy atom. The summed E-state index contributed by atoms with van der Waals surface area (Å²) in [4.78, 5) is 35.3. The van der Waals surface area contributed by atoms with Crippen LogP contribution in [0.4, 0.5) is 0 Å². The Hall–Kier alpha value is -3.09. The number of rotatable bonds is 7. The molecule has 0 spiro atoms. The second-order valence-electron chi connectivity index (χ2n) is 7.04. The number of aromatic amines is 2.